The monoisotopic (exact) mass is 850 g/mol. The standard InChI is InChI=1S/C47H79NO12/c1-13-33(42(51)52)35-17-16-27(6)40(57-35)31(10)38(49)30(9)39(50)34(14-2)41-28(7)24-29(8)46(58-41)21-18-36(48-43(53)55-25-26(4)5)47(60-46)23-22-44(12,59-47)37-19-20-45(54,15-3)32(11)56-37/h18,21,26-38,40-41,49,54H,13-17,19-20,22-25H2,1-12H3,(H,48,53)(H,51,52)/t27-,28-,29+,30-,31-,32-,33+,34-,35+,36+,37+,38+,40+,41-,44-,45+,46-,47-/m0/s1. The normalized spacial score (nSPS) is 42.1. The van der Waals surface area contributed by atoms with Crippen LogP contribution in [0.5, 0.6) is 0 Å². The third kappa shape index (κ3) is 9.82. The molecule has 0 aliphatic carbocycles. The number of Topliss-reactive ketones (excluding diaryl/α,β-unsaturated/α-hetero) is 1. The van der Waals surface area contributed by atoms with Gasteiger partial charge in [-0.05, 0) is 95.5 Å². The van der Waals surface area contributed by atoms with Gasteiger partial charge in [0.05, 0.1) is 60.4 Å². The molecule has 4 N–H and O–H groups in total. The van der Waals surface area contributed by atoms with E-state index in [1.165, 1.54) is 0 Å². The molecule has 1 amide bonds. The minimum absolute atomic E-state index is 0.0234. The summed E-state index contributed by atoms with van der Waals surface area (Å²) in [4.78, 5) is 39.9. The van der Waals surface area contributed by atoms with Crippen molar-refractivity contribution in [2.75, 3.05) is 6.61 Å². The second-order valence-corrected chi connectivity index (χ2v) is 20.1. The molecule has 13 nitrogen and oxygen atoms in total. The van der Waals surface area contributed by atoms with Crippen LogP contribution in [0.4, 0.5) is 4.79 Å². The quantitative estimate of drug-likeness (QED) is 0.119. The summed E-state index contributed by atoms with van der Waals surface area (Å²) in [5.41, 5.74) is -1.72. The SMILES string of the molecule is CC[C@@H](C(=O)[C@@H](C)[C@@H](O)[C@H](C)[C@@H]1O[C@@H]([C@@H](CC)C(=O)O)CC[C@@H]1C)[C@H]1O[C@]2(C=C[C@@H](NC(=O)OCC(C)C)[C@]3(CC[C@@](C)([C@H]4CC[C@](O)(CC)[C@H](C)O4)O3)O2)[C@H](C)C[C@@H]1C. The van der Waals surface area contributed by atoms with Crippen molar-refractivity contribution in [2.45, 2.75) is 213 Å². The molecule has 0 aromatic rings. The van der Waals surface area contributed by atoms with Gasteiger partial charge in [-0.15, -0.1) is 0 Å². The molecule has 0 aromatic heterocycles. The molecular weight excluding hydrogens is 771 g/mol. The third-order valence-electron chi connectivity index (χ3n) is 15.3. The van der Waals surface area contributed by atoms with E-state index < -0.39 is 95.1 Å². The summed E-state index contributed by atoms with van der Waals surface area (Å²) in [7, 11) is 0. The molecule has 0 aromatic carbocycles. The molecule has 0 bridgehead atoms. The van der Waals surface area contributed by atoms with Gasteiger partial charge in [0, 0.05) is 30.1 Å². The summed E-state index contributed by atoms with van der Waals surface area (Å²) in [5, 5.41) is 35.9. The number of rotatable bonds is 15. The summed E-state index contributed by atoms with van der Waals surface area (Å²) in [6, 6.07) is -0.723. The largest absolute Gasteiger partial charge is 0.481 e. The van der Waals surface area contributed by atoms with E-state index in [0.29, 0.717) is 57.8 Å². The molecule has 60 heavy (non-hydrogen) atoms. The van der Waals surface area contributed by atoms with Crippen molar-refractivity contribution >= 4 is 17.8 Å². The Labute approximate surface area is 359 Å². The molecule has 0 saturated carbocycles. The Morgan fingerprint density at radius 3 is 2.17 bits per heavy atom. The lowest BCUT2D eigenvalue weighted by Gasteiger charge is -2.55. The predicted octanol–water partition coefficient (Wildman–Crippen LogP) is 7.58. The molecule has 18 atom stereocenters. The zero-order chi connectivity index (χ0) is 44.5. The van der Waals surface area contributed by atoms with Gasteiger partial charge in [0.1, 0.15) is 11.8 Å². The van der Waals surface area contributed by atoms with Crippen LogP contribution in [0.2, 0.25) is 0 Å². The van der Waals surface area contributed by atoms with Gasteiger partial charge in [-0.3, -0.25) is 9.59 Å². The molecule has 0 unspecified atom stereocenters. The molecule has 4 saturated heterocycles. The van der Waals surface area contributed by atoms with Crippen LogP contribution >= 0.6 is 0 Å². The van der Waals surface area contributed by atoms with Crippen molar-refractivity contribution in [3.8, 4) is 0 Å². The van der Waals surface area contributed by atoms with Gasteiger partial charge in [0.15, 0.2) is 11.6 Å². The van der Waals surface area contributed by atoms with E-state index in [0.717, 1.165) is 6.42 Å². The number of ether oxygens (including phenoxy) is 6. The summed E-state index contributed by atoms with van der Waals surface area (Å²) < 4.78 is 39.9. The van der Waals surface area contributed by atoms with E-state index in [-0.39, 0.29) is 42.2 Å². The van der Waals surface area contributed by atoms with Gasteiger partial charge in [-0.1, -0.05) is 75.3 Å². The van der Waals surface area contributed by atoms with Gasteiger partial charge in [0.2, 0.25) is 0 Å². The molecular formula is C47H79NO12. The van der Waals surface area contributed by atoms with Crippen molar-refractivity contribution in [3.05, 3.63) is 12.2 Å². The average molecular weight is 850 g/mol. The Kier molecular flexibility index (Phi) is 15.7. The number of carboxylic acid groups (broad SMARTS) is 1. The fourth-order valence-electron chi connectivity index (χ4n) is 11.1. The summed E-state index contributed by atoms with van der Waals surface area (Å²) in [6.07, 6.45) is 5.83. The van der Waals surface area contributed by atoms with Crippen molar-refractivity contribution in [3.63, 3.8) is 0 Å². The number of carboxylic acids is 1. The van der Waals surface area contributed by atoms with E-state index >= 15 is 0 Å². The summed E-state index contributed by atoms with van der Waals surface area (Å²) in [6.45, 7) is 23.8. The van der Waals surface area contributed by atoms with Crippen LogP contribution in [0, 0.1) is 47.3 Å². The lowest BCUT2D eigenvalue weighted by molar-refractivity contribution is -0.398. The first-order valence-corrected chi connectivity index (χ1v) is 23.3. The minimum Gasteiger partial charge on any atom is -0.481 e. The highest BCUT2D eigenvalue weighted by atomic mass is 16.8. The number of amides is 1. The van der Waals surface area contributed by atoms with Gasteiger partial charge in [-0.25, -0.2) is 4.79 Å². The number of aliphatic hydroxyl groups excluding tert-OH is 1. The van der Waals surface area contributed by atoms with Crippen LogP contribution in [-0.2, 0) is 38.0 Å². The number of hydrogen-bond donors (Lipinski definition) is 4. The minimum atomic E-state index is -1.36. The smallest absolute Gasteiger partial charge is 0.407 e. The van der Waals surface area contributed by atoms with Gasteiger partial charge in [-0.2, -0.15) is 0 Å². The van der Waals surface area contributed by atoms with Crippen LogP contribution < -0.4 is 5.32 Å². The van der Waals surface area contributed by atoms with Crippen LogP contribution in [0.1, 0.15) is 147 Å². The summed E-state index contributed by atoms with van der Waals surface area (Å²) >= 11 is 0. The number of aliphatic hydroxyl groups is 2. The highest BCUT2D eigenvalue weighted by Gasteiger charge is 2.63. The van der Waals surface area contributed by atoms with Gasteiger partial charge in [0.25, 0.3) is 0 Å². The van der Waals surface area contributed by atoms with Crippen molar-refractivity contribution in [2.24, 2.45) is 47.3 Å². The lowest BCUT2D eigenvalue weighted by atomic mass is 9.72. The van der Waals surface area contributed by atoms with E-state index in [1.54, 1.807) is 6.92 Å². The third-order valence-corrected chi connectivity index (χ3v) is 15.3. The first-order chi connectivity index (χ1) is 28.1. The van der Waals surface area contributed by atoms with Crippen molar-refractivity contribution in [1.82, 2.24) is 5.32 Å². The second kappa shape index (κ2) is 19.3. The Balaban J connectivity index is 1.39. The number of carbonyl (C=O) groups excluding carboxylic acids is 2. The van der Waals surface area contributed by atoms with Crippen LogP contribution in [-0.4, -0.2) is 105 Å². The number of nitrogens with one attached hydrogen (secondary N) is 1. The molecule has 2 spiro atoms. The molecule has 5 rings (SSSR count). The van der Waals surface area contributed by atoms with Gasteiger partial charge >= 0.3 is 12.1 Å². The predicted molar refractivity (Wildman–Crippen MR) is 226 cm³/mol. The number of alkyl carbamates (subject to hydrolysis) is 1. The van der Waals surface area contributed by atoms with Crippen LogP contribution in [0.3, 0.4) is 0 Å². The first kappa shape index (κ1) is 48.9. The molecule has 4 fully saturated rings. The number of hydrogen-bond acceptors (Lipinski definition) is 11. The Morgan fingerprint density at radius 1 is 0.883 bits per heavy atom. The van der Waals surface area contributed by atoms with Crippen LogP contribution in [0.25, 0.3) is 0 Å². The molecule has 0 radical (unpaired) electrons. The number of ketones is 1. The highest BCUT2D eigenvalue weighted by Crippen LogP contribution is 2.54. The Bertz CT molecular complexity index is 1520. The Hall–Kier alpha value is -2.13. The van der Waals surface area contributed by atoms with Gasteiger partial charge < -0.3 is 49.1 Å². The van der Waals surface area contributed by atoms with E-state index in [4.69, 9.17) is 28.4 Å². The van der Waals surface area contributed by atoms with Crippen LogP contribution in [0.15, 0.2) is 12.2 Å². The second-order valence-electron chi connectivity index (χ2n) is 20.1. The maximum atomic E-state index is 14.6. The zero-order valence-electron chi connectivity index (χ0n) is 38.6. The van der Waals surface area contributed by atoms with E-state index in [1.807, 2.05) is 67.5 Å². The van der Waals surface area contributed by atoms with Crippen molar-refractivity contribution in [1.29, 1.82) is 0 Å². The average Bonchev–Trinajstić information content (AvgIpc) is 3.54. The lowest BCUT2D eigenvalue weighted by Crippen LogP contribution is -2.65. The number of aliphatic carboxylic acids is 1. The maximum absolute atomic E-state index is 14.6. The fourth-order valence-corrected chi connectivity index (χ4v) is 11.1. The molecule has 5 aliphatic rings. The fraction of sp³-hybridized carbons (Fsp3) is 0.894. The molecule has 5 aliphatic heterocycles. The Morgan fingerprint density at radius 2 is 1.57 bits per heavy atom. The molecule has 344 valence electrons. The van der Waals surface area contributed by atoms with Crippen molar-refractivity contribution < 1.29 is 58.1 Å². The number of carbonyl (C=O) groups is 3. The van der Waals surface area contributed by atoms with E-state index in [2.05, 4.69) is 26.1 Å². The maximum Gasteiger partial charge on any atom is 0.407 e. The first-order valence-electron chi connectivity index (χ1n) is 23.3. The molecule has 13 heteroatoms. The highest BCUT2D eigenvalue weighted by molar-refractivity contribution is 5.84. The zero-order valence-corrected chi connectivity index (χ0v) is 38.6. The summed E-state index contributed by atoms with van der Waals surface area (Å²) in [5.74, 6) is -5.91. The van der Waals surface area contributed by atoms with E-state index in [9.17, 15) is 29.7 Å². The molecule has 5 heterocycles. The topological polar surface area (TPSA) is 179 Å².